The molecule has 1 saturated carbocycles. The number of aromatic nitrogens is 2. The first-order chi connectivity index (χ1) is 11.3. The molecule has 7 heteroatoms. The molecule has 2 aromatic heterocycles. The van der Waals surface area contributed by atoms with Crippen LogP contribution in [0.25, 0.3) is 10.2 Å². The number of amides is 2. The van der Waals surface area contributed by atoms with E-state index in [0.717, 1.165) is 42.0 Å². The number of carbonyl (C=O) groups is 1. The minimum absolute atomic E-state index is 0.0227. The van der Waals surface area contributed by atoms with Gasteiger partial charge >= 0.3 is 6.03 Å². The number of urea groups is 1. The molecule has 0 bridgehead atoms. The van der Waals surface area contributed by atoms with Gasteiger partial charge in [0.15, 0.2) is 0 Å². The second-order valence-corrected chi connectivity index (χ2v) is 7.30. The van der Waals surface area contributed by atoms with Crippen LogP contribution in [-0.4, -0.2) is 41.2 Å². The Morgan fingerprint density at radius 2 is 1.91 bits per heavy atom. The van der Waals surface area contributed by atoms with Crippen LogP contribution in [0.15, 0.2) is 17.8 Å². The van der Waals surface area contributed by atoms with Crippen molar-refractivity contribution in [3.8, 4) is 0 Å². The van der Waals surface area contributed by atoms with Gasteiger partial charge in [-0.15, -0.1) is 11.3 Å². The first-order valence-corrected chi connectivity index (χ1v) is 9.18. The Kier molecular flexibility index (Phi) is 4.03. The van der Waals surface area contributed by atoms with Crippen molar-refractivity contribution in [2.24, 2.45) is 0 Å². The molecule has 1 saturated heterocycles. The van der Waals surface area contributed by atoms with E-state index in [9.17, 15) is 4.79 Å². The fourth-order valence-corrected chi connectivity index (χ4v) is 4.27. The van der Waals surface area contributed by atoms with Crippen LogP contribution in [0.2, 0.25) is 0 Å². The lowest BCUT2D eigenvalue weighted by molar-refractivity contribution is 0.226. The van der Waals surface area contributed by atoms with Crippen LogP contribution in [0.4, 0.5) is 10.6 Å². The summed E-state index contributed by atoms with van der Waals surface area (Å²) in [4.78, 5) is 22.9. The maximum atomic E-state index is 12.1. The molecule has 2 fully saturated rings. The zero-order chi connectivity index (χ0) is 15.6. The Balaban J connectivity index is 1.29. The topological polar surface area (TPSA) is 70.2 Å². The molecule has 1 aliphatic heterocycles. The van der Waals surface area contributed by atoms with Gasteiger partial charge < -0.3 is 15.5 Å². The average molecular weight is 331 g/mol. The van der Waals surface area contributed by atoms with Gasteiger partial charge in [-0.2, -0.15) is 0 Å². The van der Waals surface area contributed by atoms with Gasteiger partial charge in [-0.05, 0) is 24.3 Å². The van der Waals surface area contributed by atoms with E-state index in [-0.39, 0.29) is 12.1 Å². The predicted octanol–water partition coefficient (Wildman–Crippen LogP) is 2.51. The van der Waals surface area contributed by atoms with Gasteiger partial charge in [0.2, 0.25) is 0 Å². The van der Waals surface area contributed by atoms with Crippen molar-refractivity contribution in [1.82, 2.24) is 20.6 Å². The number of anilines is 1. The van der Waals surface area contributed by atoms with Crippen molar-refractivity contribution >= 4 is 33.4 Å². The van der Waals surface area contributed by atoms with Crippen molar-refractivity contribution in [1.29, 1.82) is 0 Å². The van der Waals surface area contributed by atoms with Crippen molar-refractivity contribution in [3.05, 3.63) is 17.8 Å². The van der Waals surface area contributed by atoms with Crippen LogP contribution in [0.1, 0.15) is 32.1 Å². The second kappa shape index (κ2) is 6.31. The molecule has 4 rings (SSSR count). The summed E-state index contributed by atoms with van der Waals surface area (Å²) in [6.45, 7) is 1.62. The smallest absolute Gasteiger partial charge is 0.315 e. The molecule has 0 unspecified atom stereocenters. The zero-order valence-electron chi connectivity index (χ0n) is 13.0. The van der Waals surface area contributed by atoms with Gasteiger partial charge in [0.25, 0.3) is 0 Å². The van der Waals surface area contributed by atoms with Gasteiger partial charge in [0, 0.05) is 19.1 Å². The number of rotatable bonds is 3. The van der Waals surface area contributed by atoms with E-state index in [1.165, 1.54) is 19.3 Å². The molecular weight excluding hydrogens is 310 g/mol. The van der Waals surface area contributed by atoms with E-state index >= 15 is 0 Å². The summed E-state index contributed by atoms with van der Waals surface area (Å²) in [5.41, 5.74) is 0.992. The molecule has 3 heterocycles. The highest BCUT2D eigenvalue weighted by molar-refractivity contribution is 7.17. The van der Waals surface area contributed by atoms with Crippen LogP contribution in [0.5, 0.6) is 0 Å². The van der Waals surface area contributed by atoms with Gasteiger partial charge in [-0.25, -0.2) is 14.8 Å². The lowest BCUT2D eigenvalue weighted by Gasteiger charge is -2.40. The maximum absolute atomic E-state index is 12.1. The first kappa shape index (κ1) is 14.7. The molecule has 0 atom stereocenters. The Hall–Kier alpha value is -1.89. The summed E-state index contributed by atoms with van der Waals surface area (Å²) < 4.78 is 1.12. The van der Waals surface area contributed by atoms with Gasteiger partial charge in [-0.3, -0.25) is 0 Å². The van der Waals surface area contributed by atoms with E-state index in [0.29, 0.717) is 6.04 Å². The highest BCUT2D eigenvalue weighted by Gasteiger charge is 2.31. The standard InChI is InChI=1S/C16H21N5OS/c22-16(19-11-4-2-1-3-5-11)20-12-8-21(9-12)15-14-13(6-7-23-14)17-10-18-15/h6-7,10-12H,1-5,8-9H2,(H2,19,20,22). The molecule has 1 aliphatic carbocycles. The molecule has 23 heavy (non-hydrogen) atoms. The fraction of sp³-hybridized carbons (Fsp3) is 0.562. The minimum atomic E-state index is -0.0227. The lowest BCUT2D eigenvalue weighted by atomic mass is 9.96. The largest absolute Gasteiger partial charge is 0.351 e. The van der Waals surface area contributed by atoms with E-state index < -0.39 is 0 Å². The summed E-state index contributed by atoms with van der Waals surface area (Å²) in [6, 6.07) is 2.54. The monoisotopic (exact) mass is 331 g/mol. The predicted molar refractivity (Wildman–Crippen MR) is 92.0 cm³/mol. The Morgan fingerprint density at radius 1 is 1.13 bits per heavy atom. The average Bonchev–Trinajstić information content (AvgIpc) is 3.00. The fourth-order valence-electron chi connectivity index (χ4n) is 3.40. The van der Waals surface area contributed by atoms with Crippen molar-refractivity contribution in [2.75, 3.05) is 18.0 Å². The molecule has 2 aromatic rings. The number of hydrogen-bond donors (Lipinski definition) is 2. The van der Waals surface area contributed by atoms with Crippen LogP contribution < -0.4 is 15.5 Å². The normalized spacial score (nSPS) is 19.6. The quantitative estimate of drug-likeness (QED) is 0.907. The molecule has 0 spiro atoms. The van der Waals surface area contributed by atoms with Crippen molar-refractivity contribution in [3.63, 3.8) is 0 Å². The first-order valence-electron chi connectivity index (χ1n) is 8.30. The van der Waals surface area contributed by atoms with Gasteiger partial charge in [-0.1, -0.05) is 19.3 Å². The third-order valence-electron chi connectivity index (χ3n) is 4.68. The summed E-state index contributed by atoms with van der Waals surface area (Å²) in [6.07, 6.45) is 7.59. The Morgan fingerprint density at radius 3 is 2.74 bits per heavy atom. The van der Waals surface area contributed by atoms with Crippen molar-refractivity contribution < 1.29 is 4.79 Å². The second-order valence-electron chi connectivity index (χ2n) is 6.39. The minimum Gasteiger partial charge on any atom is -0.351 e. The van der Waals surface area contributed by atoms with E-state index in [1.807, 2.05) is 11.4 Å². The van der Waals surface area contributed by atoms with Crippen LogP contribution >= 0.6 is 11.3 Å². The molecule has 2 N–H and O–H groups in total. The Bertz CT molecular complexity index is 691. The van der Waals surface area contributed by atoms with E-state index in [1.54, 1.807) is 17.7 Å². The zero-order valence-corrected chi connectivity index (χ0v) is 13.8. The molecule has 2 amide bonds. The van der Waals surface area contributed by atoms with Crippen LogP contribution in [0, 0.1) is 0 Å². The van der Waals surface area contributed by atoms with Crippen LogP contribution in [-0.2, 0) is 0 Å². The number of carbonyl (C=O) groups excluding carboxylic acids is 1. The number of hydrogen-bond acceptors (Lipinski definition) is 5. The highest BCUT2D eigenvalue weighted by Crippen LogP contribution is 2.30. The number of fused-ring (bicyclic) bond motifs is 1. The molecule has 0 radical (unpaired) electrons. The molecular formula is C16H21N5OS. The van der Waals surface area contributed by atoms with Gasteiger partial charge in [0.05, 0.1) is 16.3 Å². The molecule has 2 aliphatic rings. The maximum Gasteiger partial charge on any atom is 0.315 e. The number of nitrogens with zero attached hydrogens (tertiary/aromatic N) is 3. The van der Waals surface area contributed by atoms with E-state index in [2.05, 4.69) is 25.5 Å². The highest BCUT2D eigenvalue weighted by atomic mass is 32.1. The third kappa shape index (κ3) is 3.10. The van der Waals surface area contributed by atoms with E-state index in [4.69, 9.17) is 0 Å². The molecule has 0 aromatic carbocycles. The SMILES string of the molecule is O=C(NC1CCCCC1)NC1CN(c2ncnc3ccsc23)C1. The molecule has 6 nitrogen and oxygen atoms in total. The number of thiophene rings is 1. The van der Waals surface area contributed by atoms with Gasteiger partial charge in [0.1, 0.15) is 12.1 Å². The summed E-state index contributed by atoms with van der Waals surface area (Å²) in [5, 5.41) is 8.22. The third-order valence-corrected chi connectivity index (χ3v) is 5.58. The molecule has 122 valence electrons. The Labute approximate surface area is 139 Å². The summed E-state index contributed by atoms with van der Waals surface area (Å²) in [7, 11) is 0. The van der Waals surface area contributed by atoms with Crippen molar-refractivity contribution in [2.45, 2.75) is 44.2 Å². The van der Waals surface area contributed by atoms with Crippen LogP contribution in [0.3, 0.4) is 0 Å². The summed E-state index contributed by atoms with van der Waals surface area (Å²) in [5.74, 6) is 0.982. The number of nitrogens with one attached hydrogen (secondary N) is 2. The summed E-state index contributed by atoms with van der Waals surface area (Å²) >= 11 is 1.66. The lowest BCUT2D eigenvalue weighted by Crippen LogP contribution is -2.61.